The van der Waals surface area contributed by atoms with Crippen LogP contribution in [0.3, 0.4) is 0 Å². The monoisotopic (exact) mass is 652 g/mol. The fraction of sp³-hybridized carbons (Fsp3) is 0.194. The molecule has 0 saturated heterocycles. The van der Waals surface area contributed by atoms with Crippen LogP contribution in [0.4, 0.5) is 0 Å². The first-order valence-corrected chi connectivity index (χ1v) is 14.8. The molecular formula is C31H26BrClN2O5S. The van der Waals surface area contributed by atoms with Gasteiger partial charge in [0.15, 0.2) is 16.3 Å². The van der Waals surface area contributed by atoms with E-state index in [-0.39, 0.29) is 5.56 Å². The fourth-order valence-electron chi connectivity index (χ4n) is 4.63. The fourth-order valence-corrected chi connectivity index (χ4v) is 6.21. The second-order valence-electron chi connectivity index (χ2n) is 9.14. The van der Waals surface area contributed by atoms with Crippen LogP contribution in [0.2, 0.25) is 5.02 Å². The molecule has 1 aliphatic rings. The predicted octanol–water partition coefficient (Wildman–Crippen LogP) is 5.80. The third kappa shape index (κ3) is 5.88. The van der Waals surface area contributed by atoms with Gasteiger partial charge in [-0.1, -0.05) is 88.3 Å². The number of methoxy groups -OCH3 is 2. The van der Waals surface area contributed by atoms with E-state index < -0.39 is 12.0 Å². The van der Waals surface area contributed by atoms with Crippen molar-refractivity contribution in [1.29, 1.82) is 0 Å². The van der Waals surface area contributed by atoms with E-state index in [0.29, 0.717) is 50.2 Å². The average molecular weight is 654 g/mol. The molecule has 10 heteroatoms. The summed E-state index contributed by atoms with van der Waals surface area (Å²) in [4.78, 5) is 32.1. The average Bonchev–Trinajstić information content (AvgIpc) is 3.31. The first kappa shape index (κ1) is 28.9. The van der Waals surface area contributed by atoms with Crippen LogP contribution in [-0.2, 0) is 16.1 Å². The van der Waals surface area contributed by atoms with Crippen molar-refractivity contribution in [2.45, 2.75) is 26.0 Å². The highest BCUT2D eigenvalue weighted by molar-refractivity contribution is 9.10. The number of rotatable bonds is 8. The minimum absolute atomic E-state index is 0.256. The Kier molecular flexibility index (Phi) is 8.77. The molecule has 210 valence electrons. The van der Waals surface area contributed by atoms with E-state index in [1.807, 2.05) is 73.7 Å². The van der Waals surface area contributed by atoms with Gasteiger partial charge < -0.3 is 14.2 Å². The van der Waals surface area contributed by atoms with E-state index >= 15 is 0 Å². The molecule has 1 atom stereocenters. The molecule has 4 aromatic rings. The molecule has 3 aromatic carbocycles. The highest BCUT2D eigenvalue weighted by Crippen LogP contribution is 2.35. The third-order valence-electron chi connectivity index (χ3n) is 6.64. The molecule has 5 rings (SSSR count). The summed E-state index contributed by atoms with van der Waals surface area (Å²) in [7, 11) is 2.90. The first-order chi connectivity index (χ1) is 19.8. The standard InChI is InChI=1S/C31H26BrClN2O5S/c1-4-23-27(30(37)39-3)28(19-8-6-5-7-9-19)35-29(36)26(41-31(35)34-23)15-20-14-24(38-2)25(16-22(20)32)40-17-18-10-12-21(33)13-11-18/h5-16,28H,4,17H2,1-3H3/b26-15-/t28-/m1/s1. The molecule has 0 fully saturated rings. The van der Waals surface area contributed by atoms with Crippen LogP contribution >= 0.6 is 38.9 Å². The maximum absolute atomic E-state index is 13.9. The molecule has 0 bridgehead atoms. The van der Waals surface area contributed by atoms with Crippen LogP contribution in [0, 0.1) is 0 Å². The molecule has 2 heterocycles. The molecule has 0 N–H and O–H groups in total. The van der Waals surface area contributed by atoms with E-state index in [0.717, 1.165) is 21.2 Å². The number of hydrogen-bond donors (Lipinski definition) is 0. The van der Waals surface area contributed by atoms with E-state index in [2.05, 4.69) is 15.9 Å². The van der Waals surface area contributed by atoms with Gasteiger partial charge in [-0.2, -0.15) is 0 Å². The van der Waals surface area contributed by atoms with Crippen molar-refractivity contribution >= 4 is 50.9 Å². The number of aromatic nitrogens is 1. The van der Waals surface area contributed by atoms with Gasteiger partial charge in [0.1, 0.15) is 6.61 Å². The van der Waals surface area contributed by atoms with Crippen LogP contribution in [0.25, 0.3) is 6.08 Å². The lowest BCUT2D eigenvalue weighted by atomic mass is 9.95. The molecule has 7 nitrogen and oxygen atoms in total. The van der Waals surface area contributed by atoms with Gasteiger partial charge in [-0.05, 0) is 53.5 Å². The topological polar surface area (TPSA) is 79.1 Å². The Balaban J connectivity index is 1.58. The highest BCUT2D eigenvalue weighted by atomic mass is 79.9. The molecule has 0 radical (unpaired) electrons. The summed E-state index contributed by atoms with van der Waals surface area (Å²) in [6, 6.07) is 19.8. The quantitative estimate of drug-likeness (QED) is 0.225. The van der Waals surface area contributed by atoms with Gasteiger partial charge in [-0.25, -0.2) is 9.79 Å². The molecule has 1 aliphatic heterocycles. The molecule has 0 aliphatic carbocycles. The number of halogens is 2. The molecule has 41 heavy (non-hydrogen) atoms. The minimum Gasteiger partial charge on any atom is -0.493 e. The maximum atomic E-state index is 13.9. The van der Waals surface area contributed by atoms with Crippen molar-refractivity contribution in [1.82, 2.24) is 4.57 Å². The Morgan fingerprint density at radius 1 is 1.10 bits per heavy atom. The van der Waals surface area contributed by atoms with Crippen molar-refractivity contribution < 1.29 is 19.0 Å². The summed E-state index contributed by atoms with van der Waals surface area (Å²) >= 11 is 10.9. The van der Waals surface area contributed by atoms with Crippen molar-refractivity contribution in [3.8, 4) is 11.5 Å². The van der Waals surface area contributed by atoms with Crippen LogP contribution in [0.15, 0.2) is 92.3 Å². The summed E-state index contributed by atoms with van der Waals surface area (Å²) in [6.45, 7) is 2.26. The summed E-state index contributed by atoms with van der Waals surface area (Å²) in [5.41, 5.74) is 3.20. The van der Waals surface area contributed by atoms with Crippen molar-refractivity contribution in [3.05, 3.63) is 124 Å². The molecule has 0 unspecified atom stereocenters. The highest BCUT2D eigenvalue weighted by Gasteiger charge is 2.33. The molecule has 0 spiro atoms. The number of carbonyl (C=O) groups is 1. The maximum Gasteiger partial charge on any atom is 0.338 e. The lowest BCUT2D eigenvalue weighted by molar-refractivity contribution is -0.136. The number of nitrogens with zero attached hydrogens (tertiary/aromatic N) is 2. The number of ether oxygens (including phenoxy) is 3. The summed E-state index contributed by atoms with van der Waals surface area (Å²) < 4.78 is 19.5. The Bertz CT molecular complexity index is 1810. The van der Waals surface area contributed by atoms with Crippen LogP contribution < -0.4 is 24.4 Å². The lowest BCUT2D eigenvalue weighted by Crippen LogP contribution is -2.40. The van der Waals surface area contributed by atoms with Gasteiger partial charge in [0.05, 0.1) is 36.1 Å². The summed E-state index contributed by atoms with van der Waals surface area (Å²) in [5, 5.41) is 0.659. The van der Waals surface area contributed by atoms with Crippen molar-refractivity contribution in [3.63, 3.8) is 0 Å². The van der Waals surface area contributed by atoms with E-state index in [9.17, 15) is 9.59 Å². The Morgan fingerprint density at radius 2 is 1.83 bits per heavy atom. The number of allylic oxidation sites excluding steroid dienone is 1. The number of benzene rings is 3. The lowest BCUT2D eigenvalue weighted by Gasteiger charge is -2.25. The largest absolute Gasteiger partial charge is 0.493 e. The minimum atomic E-state index is -0.654. The van der Waals surface area contributed by atoms with E-state index in [1.165, 1.54) is 18.4 Å². The second-order valence-corrected chi connectivity index (χ2v) is 11.4. The Labute approximate surface area is 254 Å². The third-order valence-corrected chi connectivity index (χ3v) is 8.56. The van der Waals surface area contributed by atoms with Gasteiger partial charge in [0, 0.05) is 9.50 Å². The predicted molar refractivity (Wildman–Crippen MR) is 163 cm³/mol. The molecular weight excluding hydrogens is 628 g/mol. The van der Waals surface area contributed by atoms with Crippen molar-refractivity contribution in [2.24, 2.45) is 4.99 Å². The number of esters is 1. The van der Waals surface area contributed by atoms with Gasteiger partial charge in [-0.3, -0.25) is 9.36 Å². The first-order valence-electron chi connectivity index (χ1n) is 12.8. The smallest absolute Gasteiger partial charge is 0.338 e. The zero-order chi connectivity index (χ0) is 29.1. The Hall–Kier alpha value is -3.66. The molecule has 1 aromatic heterocycles. The zero-order valence-electron chi connectivity index (χ0n) is 22.5. The number of fused-ring (bicyclic) bond motifs is 1. The number of carbonyl (C=O) groups excluding carboxylic acids is 1. The van der Waals surface area contributed by atoms with Gasteiger partial charge in [0.2, 0.25) is 0 Å². The molecule has 0 saturated carbocycles. The van der Waals surface area contributed by atoms with Gasteiger partial charge in [0.25, 0.3) is 5.56 Å². The normalized spacial score (nSPS) is 14.9. The van der Waals surface area contributed by atoms with Crippen LogP contribution in [-0.4, -0.2) is 24.8 Å². The number of thiazole rings is 1. The van der Waals surface area contributed by atoms with Crippen LogP contribution in [0.1, 0.15) is 36.1 Å². The van der Waals surface area contributed by atoms with Crippen molar-refractivity contribution in [2.75, 3.05) is 14.2 Å². The summed E-state index contributed by atoms with van der Waals surface area (Å²) in [5.74, 6) is 0.562. The zero-order valence-corrected chi connectivity index (χ0v) is 25.7. The SMILES string of the molecule is CCC1=C(C(=O)OC)[C@@H](c2ccccc2)n2c(s/c(=C\c3cc(OC)c(OCc4ccc(Cl)cc4)cc3Br)c2=O)=N1. The second kappa shape index (κ2) is 12.5. The van der Waals surface area contributed by atoms with E-state index in [1.54, 1.807) is 17.8 Å². The molecule has 0 amide bonds. The van der Waals surface area contributed by atoms with Gasteiger partial charge >= 0.3 is 5.97 Å². The van der Waals surface area contributed by atoms with Crippen LogP contribution in [0.5, 0.6) is 11.5 Å². The van der Waals surface area contributed by atoms with E-state index in [4.69, 9.17) is 30.8 Å². The summed E-state index contributed by atoms with van der Waals surface area (Å²) in [6.07, 6.45) is 2.30. The number of hydrogen-bond acceptors (Lipinski definition) is 7. The van der Waals surface area contributed by atoms with Gasteiger partial charge in [-0.15, -0.1) is 0 Å². The Morgan fingerprint density at radius 3 is 2.49 bits per heavy atom.